The Labute approximate surface area is 91.5 Å². The molecule has 0 saturated heterocycles. The fourth-order valence-electron chi connectivity index (χ4n) is 2.50. The number of ether oxygens (including phenoxy) is 1. The van der Waals surface area contributed by atoms with Crippen LogP contribution in [0.3, 0.4) is 0 Å². The molecule has 0 aromatic carbocycles. The molecule has 0 heterocycles. The smallest absolute Gasteiger partial charge is 0.219 e. The van der Waals surface area contributed by atoms with E-state index >= 15 is 0 Å². The standard InChI is InChI=1S/C11H22N2O2/c1-3-13-11(8-10(12)14)6-4-9(15-2)5-7-11/h9,13H,3-8H2,1-2H3,(H2,12,14). The van der Waals surface area contributed by atoms with Crippen LogP contribution in [0.15, 0.2) is 0 Å². The number of hydrogen-bond donors (Lipinski definition) is 2. The van der Waals surface area contributed by atoms with Gasteiger partial charge in [-0.2, -0.15) is 0 Å². The molecular weight excluding hydrogens is 192 g/mol. The topological polar surface area (TPSA) is 64.3 Å². The monoisotopic (exact) mass is 214 g/mol. The Morgan fingerprint density at radius 3 is 2.53 bits per heavy atom. The molecule has 0 spiro atoms. The van der Waals surface area contributed by atoms with Crippen molar-refractivity contribution in [2.45, 2.75) is 50.7 Å². The lowest BCUT2D eigenvalue weighted by molar-refractivity contribution is -0.120. The molecule has 0 unspecified atom stereocenters. The highest BCUT2D eigenvalue weighted by Gasteiger charge is 2.35. The average molecular weight is 214 g/mol. The maximum absolute atomic E-state index is 11.0. The number of nitrogens with one attached hydrogen (secondary N) is 1. The highest BCUT2D eigenvalue weighted by molar-refractivity contribution is 5.75. The second-order valence-electron chi connectivity index (χ2n) is 4.39. The van der Waals surface area contributed by atoms with Gasteiger partial charge in [-0.1, -0.05) is 6.92 Å². The summed E-state index contributed by atoms with van der Waals surface area (Å²) >= 11 is 0. The van der Waals surface area contributed by atoms with E-state index in [0.29, 0.717) is 12.5 Å². The van der Waals surface area contributed by atoms with Crippen molar-refractivity contribution >= 4 is 5.91 Å². The number of primary amides is 1. The molecule has 1 rings (SSSR count). The molecule has 1 fully saturated rings. The predicted octanol–water partition coefficient (Wildman–Crippen LogP) is 0.799. The first kappa shape index (κ1) is 12.5. The molecule has 0 radical (unpaired) electrons. The Morgan fingerprint density at radius 2 is 2.13 bits per heavy atom. The summed E-state index contributed by atoms with van der Waals surface area (Å²) < 4.78 is 5.32. The van der Waals surface area contributed by atoms with E-state index in [1.165, 1.54) is 0 Å². The van der Waals surface area contributed by atoms with Gasteiger partial charge in [-0.15, -0.1) is 0 Å². The minimum absolute atomic E-state index is 0.0738. The van der Waals surface area contributed by atoms with Gasteiger partial charge in [0.25, 0.3) is 0 Å². The van der Waals surface area contributed by atoms with Crippen LogP contribution >= 0.6 is 0 Å². The van der Waals surface area contributed by atoms with Crippen LogP contribution in [0.2, 0.25) is 0 Å². The molecule has 1 aliphatic carbocycles. The van der Waals surface area contributed by atoms with Gasteiger partial charge in [0.2, 0.25) is 5.91 Å². The van der Waals surface area contributed by atoms with Crippen molar-refractivity contribution < 1.29 is 9.53 Å². The Hall–Kier alpha value is -0.610. The fourth-order valence-corrected chi connectivity index (χ4v) is 2.50. The second-order valence-corrected chi connectivity index (χ2v) is 4.39. The summed E-state index contributed by atoms with van der Waals surface area (Å²) in [6.07, 6.45) is 4.76. The highest BCUT2D eigenvalue weighted by atomic mass is 16.5. The Morgan fingerprint density at radius 1 is 1.53 bits per heavy atom. The van der Waals surface area contributed by atoms with Crippen molar-refractivity contribution in [3.05, 3.63) is 0 Å². The van der Waals surface area contributed by atoms with Gasteiger partial charge >= 0.3 is 0 Å². The third-order valence-corrected chi connectivity index (χ3v) is 3.29. The maximum Gasteiger partial charge on any atom is 0.219 e. The zero-order valence-electron chi connectivity index (χ0n) is 9.71. The van der Waals surface area contributed by atoms with Crippen LogP contribution in [0.1, 0.15) is 39.0 Å². The van der Waals surface area contributed by atoms with Crippen LogP contribution in [-0.2, 0) is 9.53 Å². The number of amides is 1. The van der Waals surface area contributed by atoms with Gasteiger partial charge in [0.05, 0.1) is 6.10 Å². The lowest BCUT2D eigenvalue weighted by atomic mass is 9.78. The molecule has 0 bridgehead atoms. The van der Waals surface area contributed by atoms with Crippen molar-refractivity contribution in [3.8, 4) is 0 Å². The van der Waals surface area contributed by atoms with Crippen LogP contribution in [-0.4, -0.2) is 31.2 Å². The predicted molar refractivity (Wildman–Crippen MR) is 59.5 cm³/mol. The second kappa shape index (κ2) is 5.47. The number of hydrogen-bond acceptors (Lipinski definition) is 3. The zero-order chi connectivity index (χ0) is 11.3. The van der Waals surface area contributed by atoms with E-state index in [-0.39, 0.29) is 11.4 Å². The lowest BCUT2D eigenvalue weighted by Crippen LogP contribution is -2.51. The van der Waals surface area contributed by atoms with Gasteiger partial charge < -0.3 is 15.8 Å². The van der Waals surface area contributed by atoms with Crippen molar-refractivity contribution in [1.29, 1.82) is 0 Å². The average Bonchev–Trinajstić information content (AvgIpc) is 2.18. The Kier molecular flexibility index (Phi) is 4.54. The van der Waals surface area contributed by atoms with Crippen LogP contribution in [0.5, 0.6) is 0 Å². The van der Waals surface area contributed by atoms with Crippen LogP contribution < -0.4 is 11.1 Å². The molecule has 1 amide bonds. The van der Waals surface area contributed by atoms with Crippen LogP contribution in [0.25, 0.3) is 0 Å². The molecule has 4 nitrogen and oxygen atoms in total. The molecule has 0 atom stereocenters. The summed E-state index contributed by atoms with van der Waals surface area (Å²) in [6, 6.07) is 0. The first-order valence-electron chi connectivity index (χ1n) is 5.68. The SMILES string of the molecule is CCNC1(CC(N)=O)CCC(OC)CC1. The number of rotatable bonds is 5. The molecule has 15 heavy (non-hydrogen) atoms. The summed E-state index contributed by atoms with van der Waals surface area (Å²) in [7, 11) is 1.75. The van der Waals surface area contributed by atoms with Gasteiger partial charge in [-0.05, 0) is 32.2 Å². The normalized spacial score (nSPS) is 31.5. The number of nitrogens with two attached hydrogens (primary N) is 1. The molecule has 88 valence electrons. The van der Waals surface area contributed by atoms with E-state index in [1.807, 2.05) is 0 Å². The molecule has 0 aromatic rings. The highest BCUT2D eigenvalue weighted by Crippen LogP contribution is 2.32. The summed E-state index contributed by atoms with van der Waals surface area (Å²) in [5.74, 6) is -0.216. The Balaban J connectivity index is 2.55. The summed E-state index contributed by atoms with van der Waals surface area (Å²) in [5.41, 5.74) is 5.22. The van der Waals surface area contributed by atoms with E-state index in [4.69, 9.17) is 10.5 Å². The molecule has 3 N–H and O–H groups in total. The quantitative estimate of drug-likeness (QED) is 0.711. The summed E-state index contributed by atoms with van der Waals surface area (Å²) in [5, 5.41) is 3.42. The number of methoxy groups -OCH3 is 1. The van der Waals surface area contributed by atoms with Crippen molar-refractivity contribution in [2.24, 2.45) is 5.73 Å². The van der Waals surface area contributed by atoms with Gasteiger partial charge in [0.1, 0.15) is 0 Å². The minimum Gasteiger partial charge on any atom is -0.381 e. The first-order valence-corrected chi connectivity index (χ1v) is 5.68. The van der Waals surface area contributed by atoms with Gasteiger partial charge in [0, 0.05) is 19.1 Å². The molecule has 4 heteroatoms. The molecular formula is C11H22N2O2. The van der Waals surface area contributed by atoms with E-state index in [1.54, 1.807) is 7.11 Å². The number of carbonyl (C=O) groups excluding carboxylic acids is 1. The largest absolute Gasteiger partial charge is 0.381 e. The van der Waals surface area contributed by atoms with E-state index in [9.17, 15) is 4.79 Å². The Bertz CT molecular complexity index is 211. The van der Waals surface area contributed by atoms with Gasteiger partial charge in [-0.3, -0.25) is 4.79 Å². The zero-order valence-corrected chi connectivity index (χ0v) is 9.71. The van der Waals surface area contributed by atoms with Crippen LogP contribution in [0, 0.1) is 0 Å². The summed E-state index contributed by atoms with van der Waals surface area (Å²) in [6.45, 7) is 2.94. The number of carbonyl (C=O) groups is 1. The van der Waals surface area contributed by atoms with Gasteiger partial charge in [-0.25, -0.2) is 0 Å². The van der Waals surface area contributed by atoms with Crippen molar-refractivity contribution in [2.75, 3.05) is 13.7 Å². The molecule has 1 aliphatic rings. The first-order chi connectivity index (χ1) is 7.12. The van der Waals surface area contributed by atoms with Crippen molar-refractivity contribution in [1.82, 2.24) is 5.32 Å². The minimum atomic E-state index is -0.216. The van der Waals surface area contributed by atoms with E-state index in [0.717, 1.165) is 32.2 Å². The van der Waals surface area contributed by atoms with Crippen LogP contribution in [0.4, 0.5) is 0 Å². The van der Waals surface area contributed by atoms with E-state index in [2.05, 4.69) is 12.2 Å². The van der Waals surface area contributed by atoms with Crippen molar-refractivity contribution in [3.63, 3.8) is 0 Å². The van der Waals surface area contributed by atoms with E-state index < -0.39 is 0 Å². The fraction of sp³-hybridized carbons (Fsp3) is 0.909. The molecule has 1 saturated carbocycles. The molecule has 0 aliphatic heterocycles. The summed E-state index contributed by atoms with van der Waals surface area (Å²) in [4.78, 5) is 11.0. The third kappa shape index (κ3) is 3.47. The lowest BCUT2D eigenvalue weighted by Gasteiger charge is -2.39. The van der Waals surface area contributed by atoms with Gasteiger partial charge in [0.15, 0.2) is 0 Å². The maximum atomic E-state index is 11.0. The molecule has 0 aromatic heterocycles. The third-order valence-electron chi connectivity index (χ3n) is 3.29.